The van der Waals surface area contributed by atoms with Crippen LogP contribution in [-0.2, 0) is 6.54 Å². The van der Waals surface area contributed by atoms with Crippen molar-refractivity contribution in [2.24, 2.45) is 0 Å². The number of nitrogens with one attached hydrogen (secondary N) is 1. The molecule has 0 aromatic carbocycles. The van der Waals surface area contributed by atoms with Crippen molar-refractivity contribution in [2.45, 2.75) is 38.3 Å². The van der Waals surface area contributed by atoms with Gasteiger partial charge in [0.25, 0.3) is 0 Å². The lowest BCUT2D eigenvalue weighted by Crippen LogP contribution is -2.09. The maximum Gasteiger partial charge on any atom is 0.164 e. The number of hydrogen-bond acceptors (Lipinski definition) is 3. The van der Waals surface area contributed by atoms with Gasteiger partial charge in [0, 0.05) is 0 Å². The second kappa shape index (κ2) is 3.87. The summed E-state index contributed by atoms with van der Waals surface area (Å²) in [6.45, 7) is 0.764. The van der Waals surface area contributed by atoms with Gasteiger partial charge in [-0.25, -0.2) is 9.67 Å². The molecule has 1 aliphatic carbocycles. The lowest BCUT2D eigenvalue weighted by molar-refractivity contribution is 0.461. The molecule has 1 aromatic rings. The first-order chi connectivity index (χ1) is 6.40. The summed E-state index contributed by atoms with van der Waals surface area (Å²) in [5.41, 5.74) is 0. The average Bonchev–Trinajstić information content (AvgIpc) is 2.70. The summed E-state index contributed by atoms with van der Waals surface area (Å²) in [7, 11) is 1.91. The summed E-state index contributed by atoms with van der Waals surface area (Å²) >= 11 is 0. The van der Waals surface area contributed by atoms with Gasteiger partial charge in [0.1, 0.15) is 6.33 Å². The van der Waals surface area contributed by atoms with E-state index in [0.717, 1.165) is 12.4 Å². The van der Waals surface area contributed by atoms with E-state index >= 15 is 0 Å². The van der Waals surface area contributed by atoms with E-state index in [-0.39, 0.29) is 0 Å². The van der Waals surface area contributed by atoms with Crippen molar-refractivity contribution in [3.05, 3.63) is 12.2 Å². The molecule has 4 nitrogen and oxygen atoms in total. The Morgan fingerprint density at radius 1 is 1.54 bits per heavy atom. The molecule has 0 unspecified atom stereocenters. The lowest BCUT2D eigenvalue weighted by atomic mass is 10.3. The van der Waals surface area contributed by atoms with E-state index in [1.165, 1.54) is 25.7 Å². The molecule has 1 fully saturated rings. The first-order valence-electron chi connectivity index (χ1n) is 4.95. The molecule has 0 aliphatic heterocycles. The molecular weight excluding hydrogens is 164 g/mol. The maximum atomic E-state index is 4.43. The van der Waals surface area contributed by atoms with Crippen molar-refractivity contribution in [3.8, 4) is 0 Å². The minimum atomic E-state index is 0.609. The highest BCUT2D eigenvalue weighted by Crippen LogP contribution is 2.28. The molecule has 1 aromatic heterocycles. The van der Waals surface area contributed by atoms with E-state index in [2.05, 4.69) is 15.4 Å². The van der Waals surface area contributed by atoms with Crippen LogP contribution in [0.3, 0.4) is 0 Å². The molecule has 1 N–H and O–H groups in total. The summed E-state index contributed by atoms with van der Waals surface area (Å²) in [6.07, 6.45) is 7.07. The van der Waals surface area contributed by atoms with Crippen LogP contribution in [0.5, 0.6) is 0 Å². The molecule has 0 radical (unpaired) electrons. The second-order valence-electron chi connectivity index (χ2n) is 3.61. The fourth-order valence-electron chi connectivity index (χ4n) is 1.89. The zero-order chi connectivity index (χ0) is 9.10. The summed E-state index contributed by atoms with van der Waals surface area (Å²) < 4.78 is 2.03. The van der Waals surface area contributed by atoms with Crippen molar-refractivity contribution in [2.75, 3.05) is 7.05 Å². The van der Waals surface area contributed by atoms with Crippen molar-refractivity contribution in [3.63, 3.8) is 0 Å². The Labute approximate surface area is 78.4 Å². The predicted molar refractivity (Wildman–Crippen MR) is 50.3 cm³/mol. The predicted octanol–water partition coefficient (Wildman–Crippen LogP) is 1.11. The van der Waals surface area contributed by atoms with Gasteiger partial charge in [0.05, 0.1) is 12.6 Å². The third kappa shape index (κ3) is 1.88. The van der Waals surface area contributed by atoms with Crippen LogP contribution in [0.1, 0.15) is 37.5 Å². The molecule has 0 saturated heterocycles. The van der Waals surface area contributed by atoms with E-state index < -0.39 is 0 Å². The molecule has 0 bridgehead atoms. The fraction of sp³-hybridized carbons (Fsp3) is 0.778. The zero-order valence-electron chi connectivity index (χ0n) is 8.03. The third-order valence-corrected chi connectivity index (χ3v) is 2.59. The monoisotopic (exact) mass is 180 g/mol. The Balaban J connectivity index is 2.03. The van der Waals surface area contributed by atoms with Crippen LogP contribution < -0.4 is 5.32 Å². The number of nitrogens with zero attached hydrogens (tertiary/aromatic N) is 3. The zero-order valence-corrected chi connectivity index (χ0v) is 8.03. The number of aromatic nitrogens is 3. The summed E-state index contributed by atoms with van der Waals surface area (Å²) in [6, 6.07) is 0.609. The largest absolute Gasteiger partial charge is 0.313 e. The molecule has 0 atom stereocenters. The van der Waals surface area contributed by atoms with Gasteiger partial charge in [-0.1, -0.05) is 12.8 Å². The van der Waals surface area contributed by atoms with E-state index in [1.807, 2.05) is 18.1 Å². The van der Waals surface area contributed by atoms with Gasteiger partial charge < -0.3 is 5.32 Å². The highest BCUT2D eigenvalue weighted by molar-refractivity contribution is 4.83. The van der Waals surface area contributed by atoms with Crippen LogP contribution in [-0.4, -0.2) is 21.8 Å². The van der Waals surface area contributed by atoms with Crippen LogP contribution in [0, 0.1) is 0 Å². The maximum absolute atomic E-state index is 4.43. The summed E-state index contributed by atoms with van der Waals surface area (Å²) in [4.78, 5) is 4.24. The van der Waals surface area contributed by atoms with E-state index in [0.29, 0.717) is 6.04 Å². The molecule has 72 valence electrons. The van der Waals surface area contributed by atoms with Gasteiger partial charge in [-0.2, -0.15) is 5.10 Å². The SMILES string of the molecule is CNCc1ncn(C2CCCC2)n1. The molecule has 1 heterocycles. The lowest BCUT2D eigenvalue weighted by Gasteiger charge is -2.07. The minimum absolute atomic E-state index is 0.609. The Hall–Kier alpha value is -0.900. The van der Waals surface area contributed by atoms with Gasteiger partial charge in [-0.05, 0) is 19.9 Å². The van der Waals surface area contributed by atoms with Crippen LogP contribution in [0.15, 0.2) is 6.33 Å². The van der Waals surface area contributed by atoms with Gasteiger partial charge in [-0.15, -0.1) is 0 Å². The molecule has 0 spiro atoms. The van der Waals surface area contributed by atoms with Crippen LogP contribution in [0.2, 0.25) is 0 Å². The Bertz CT molecular complexity index is 262. The van der Waals surface area contributed by atoms with Gasteiger partial charge in [-0.3, -0.25) is 0 Å². The van der Waals surface area contributed by atoms with E-state index in [9.17, 15) is 0 Å². The summed E-state index contributed by atoms with van der Waals surface area (Å²) in [5, 5.41) is 7.47. The molecule has 13 heavy (non-hydrogen) atoms. The number of rotatable bonds is 3. The number of hydrogen-bond donors (Lipinski definition) is 1. The van der Waals surface area contributed by atoms with E-state index in [1.54, 1.807) is 0 Å². The van der Waals surface area contributed by atoms with Gasteiger partial charge in [0.2, 0.25) is 0 Å². The molecule has 4 heteroatoms. The fourth-order valence-corrected chi connectivity index (χ4v) is 1.89. The second-order valence-corrected chi connectivity index (χ2v) is 3.61. The van der Waals surface area contributed by atoms with Crippen LogP contribution in [0.4, 0.5) is 0 Å². The highest BCUT2D eigenvalue weighted by Gasteiger charge is 2.17. The van der Waals surface area contributed by atoms with Crippen molar-refractivity contribution in [1.82, 2.24) is 20.1 Å². The van der Waals surface area contributed by atoms with Crippen molar-refractivity contribution in [1.29, 1.82) is 0 Å². The molecule has 1 saturated carbocycles. The Kier molecular flexibility index (Phi) is 2.59. The smallest absolute Gasteiger partial charge is 0.164 e. The Morgan fingerprint density at radius 2 is 2.31 bits per heavy atom. The van der Waals surface area contributed by atoms with E-state index in [4.69, 9.17) is 0 Å². The molecule has 1 aliphatic rings. The molecule has 2 rings (SSSR count). The Morgan fingerprint density at radius 3 is 3.00 bits per heavy atom. The molecular formula is C9H16N4. The normalized spacial score (nSPS) is 18.2. The quantitative estimate of drug-likeness (QED) is 0.757. The van der Waals surface area contributed by atoms with Crippen molar-refractivity contribution >= 4 is 0 Å². The topological polar surface area (TPSA) is 42.7 Å². The molecule has 0 amide bonds. The minimum Gasteiger partial charge on any atom is -0.313 e. The standard InChI is InChI=1S/C9H16N4/c1-10-6-9-11-7-13(12-9)8-4-2-3-5-8/h7-8,10H,2-6H2,1H3. The first kappa shape index (κ1) is 8.69. The van der Waals surface area contributed by atoms with Crippen molar-refractivity contribution < 1.29 is 0 Å². The first-order valence-corrected chi connectivity index (χ1v) is 4.95. The summed E-state index contributed by atoms with van der Waals surface area (Å²) in [5.74, 6) is 0.898. The highest BCUT2D eigenvalue weighted by atomic mass is 15.3. The van der Waals surface area contributed by atoms with Crippen LogP contribution in [0.25, 0.3) is 0 Å². The van der Waals surface area contributed by atoms with Gasteiger partial charge in [0.15, 0.2) is 5.82 Å². The van der Waals surface area contributed by atoms with Gasteiger partial charge >= 0.3 is 0 Å². The third-order valence-electron chi connectivity index (χ3n) is 2.59. The average molecular weight is 180 g/mol. The van der Waals surface area contributed by atoms with Crippen LogP contribution >= 0.6 is 0 Å².